The van der Waals surface area contributed by atoms with Gasteiger partial charge in [-0.15, -0.1) is 0 Å². The topological polar surface area (TPSA) is 87.7 Å². The Morgan fingerprint density at radius 1 is 0.951 bits per heavy atom. The summed E-state index contributed by atoms with van der Waals surface area (Å²) >= 11 is 6.50. The number of rotatable bonds is 12. The second-order valence-electron chi connectivity index (χ2n) is 11.9. The van der Waals surface area contributed by atoms with Gasteiger partial charge in [-0.05, 0) is 82.2 Å². The Balaban J connectivity index is 2.68. The highest BCUT2D eigenvalue weighted by molar-refractivity contribution is 6.34. The van der Waals surface area contributed by atoms with Crippen molar-refractivity contribution in [3.63, 3.8) is 0 Å². The maximum absolute atomic E-state index is 14.5. The van der Waals surface area contributed by atoms with E-state index >= 15 is 0 Å². The first kappa shape index (κ1) is 34.1. The number of carbonyl (C=O) groups excluding carboxylic acids is 3. The average molecular weight is 586 g/mol. The lowest BCUT2D eigenvalue weighted by atomic mass is 9.91. The molecule has 2 aromatic rings. The van der Waals surface area contributed by atoms with Crippen LogP contribution in [0.5, 0.6) is 0 Å². The van der Waals surface area contributed by atoms with Gasteiger partial charge in [0.1, 0.15) is 17.7 Å². The van der Waals surface area contributed by atoms with E-state index in [9.17, 15) is 14.4 Å². The summed E-state index contributed by atoms with van der Waals surface area (Å²) in [4.78, 5) is 43.3. The predicted molar refractivity (Wildman–Crippen MR) is 167 cm³/mol. The van der Waals surface area contributed by atoms with Crippen LogP contribution in [0.4, 0.5) is 10.5 Å². The van der Waals surface area contributed by atoms with Crippen LogP contribution in [-0.4, -0.2) is 41.0 Å². The van der Waals surface area contributed by atoms with E-state index in [0.29, 0.717) is 30.1 Å². The van der Waals surface area contributed by atoms with Gasteiger partial charge in [-0.2, -0.15) is 0 Å². The zero-order valence-electron chi connectivity index (χ0n) is 26.2. The molecule has 2 N–H and O–H groups in total. The van der Waals surface area contributed by atoms with Crippen LogP contribution in [0.1, 0.15) is 95.5 Å². The number of carbonyl (C=O) groups is 3. The van der Waals surface area contributed by atoms with Crippen LogP contribution in [-0.2, 0) is 14.3 Å². The number of amides is 3. The van der Waals surface area contributed by atoms with Crippen LogP contribution in [0.3, 0.4) is 0 Å². The van der Waals surface area contributed by atoms with Gasteiger partial charge >= 0.3 is 6.09 Å². The number of ether oxygens (including phenoxy) is 1. The van der Waals surface area contributed by atoms with Gasteiger partial charge in [0.05, 0.1) is 10.7 Å². The van der Waals surface area contributed by atoms with Crippen molar-refractivity contribution in [1.29, 1.82) is 0 Å². The summed E-state index contributed by atoms with van der Waals surface area (Å²) in [5.74, 6) is -0.875. The molecule has 0 aliphatic carbocycles. The van der Waals surface area contributed by atoms with E-state index in [2.05, 4.69) is 17.6 Å². The molecule has 0 heterocycles. The number of unbranched alkanes of at least 4 members (excludes halogenated alkanes) is 2. The van der Waals surface area contributed by atoms with Crippen LogP contribution in [0.2, 0.25) is 5.02 Å². The first-order valence-corrected chi connectivity index (χ1v) is 15.0. The van der Waals surface area contributed by atoms with Crippen molar-refractivity contribution >= 4 is 35.2 Å². The van der Waals surface area contributed by atoms with Crippen molar-refractivity contribution in [2.75, 3.05) is 11.9 Å². The van der Waals surface area contributed by atoms with Gasteiger partial charge in [0.25, 0.3) is 5.91 Å². The monoisotopic (exact) mass is 585 g/mol. The van der Waals surface area contributed by atoms with Crippen LogP contribution < -0.4 is 10.6 Å². The fourth-order valence-corrected chi connectivity index (χ4v) is 5.13. The lowest BCUT2D eigenvalue weighted by molar-refractivity contribution is -0.142. The zero-order valence-corrected chi connectivity index (χ0v) is 26.9. The molecule has 0 aromatic heterocycles. The highest BCUT2D eigenvalue weighted by Gasteiger charge is 2.39. The Hall–Kier alpha value is -3.06. The van der Waals surface area contributed by atoms with E-state index < -0.39 is 23.8 Å². The lowest BCUT2D eigenvalue weighted by Gasteiger charge is -2.37. The first-order chi connectivity index (χ1) is 19.2. The SMILES string of the molecule is CCCCCN(C(=O)C(NC(=O)OC(C)(C)C)C(C)CC)C(C(=O)Nc1c(C)cccc1Cl)c1c(C)cccc1C. The summed E-state index contributed by atoms with van der Waals surface area (Å²) in [6.07, 6.45) is 2.54. The Morgan fingerprint density at radius 3 is 2.07 bits per heavy atom. The molecular formula is C33H48ClN3O4. The first-order valence-electron chi connectivity index (χ1n) is 14.6. The minimum atomic E-state index is -0.941. The largest absolute Gasteiger partial charge is 0.444 e. The summed E-state index contributed by atoms with van der Waals surface area (Å²) in [6.45, 7) is 17.4. The highest BCUT2D eigenvalue weighted by Crippen LogP contribution is 2.33. The molecule has 0 radical (unpaired) electrons. The Morgan fingerprint density at radius 2 is 1.54 bits per heavy atom. The van der Waals surface area contributed by atoms with Crippen LogP contribution >= 0.6 is 11.6 Å². The molecule has 41 heavy (non-hydrogen) atoms. The number of nitrogens with one attached hydrogen (secondary N) is 2. The fourth-order valence-electron chi connectivity index (χ4n) is 4.86. The summed E-state index contributed by atoms with van der Waals surface area (Å²) in [5, 5.41) is 6.29. The maximum Gasteiger partial charge on any atom is 0.408 e. The third-order valence-corrected chi connectivity index (χ3v) is 7.60. The van der Waals surface area contributed by atoms with E-state index in [1.165, 1.54) is 0 Å². The third kappa shape index (κ3) is 9.49. The highest BCUT2D eigenvalue weighted by atomic mass is 35.5. The van der Waals surface area contributed by atoms with Gasteiger partial charge in [0, 0.05) is 6.54 Å². The van der Waals surface area contributed by atoms with Crippen LogP contribution in [0.15, 0.2) is 36.4 Å². The molecule has 0 bridgehead atoms. The molecule has 2 aromatic carbocycles. The fraction of sp³-hybridized carbons (Fsp3) is 0.545. The van der Waals surface area contributed by atoms with E-state index in [1.54, 1.807) is 31.7 Å². The molecule has 3 amide bonds. The number of hydrogen-bond donors (Lipinski definition) is 2. The summed E-state index contributed by atoms with van der Waals surface area (Å²) in [6, 6.07) is 9.45. The molecule has 226 valence electrons. The minimum Gasteiger partial charge on any atom is -0.444 e. The van der Waals surface area contributed by atoms with Gasteiger partial charge in [-0.25, -0.2) is 4.79 Å². The summed E-state index contributed by atoms with van der Waals surface area (Å²) in [7, 11) is 0. The predicted octanol–water partition coefficient (Wildman–Crippen LogP) is 7.90. The van der Waals surface area contributed by atoms with Crippen molar-refractivity contribution in [1.82, 2.24) is 10.2 Å². The molecule has 0 saturated heterocycles. The van der Waals surface area contributed by atoms with Gasteiger partial charge in [-0.1, -0.05) is 82.0 Å². The average Bonchev–Trinajstić information content (AvgIpc) is 2.88. The molecule has 3 unspecified atom stereocenters. The van der Waals surface area contributed by atoms with Crippen molar-refractivity contribution in [2.24, 2.45) is 5.92 Å². The second-order valence-corrected chi connectivity index (χ2v) is 12.3. The van der Waals surface area contributed by atoms with E-state index in [1.807, 2.05) is 65.0 Å². The standard InChI is InChI=1S/C33H48ClN3O4/c1-10-12-13-20-37(31(39)28(21(3)11-2)36-32(40)41-33(7,8)9)29(26-22(4)16-14-17-23(26)5)30(38)35-27-24(6)18-15-19-25(27)34/h14-19,21,28-29H,10-13,20H2,1-9H3,(H,35,38)(H,36,40). The molecule has 7 nitrogen and oxygen atoms in total. The van der Waals surface area contributed by atoms with Crippen LogP contribution in [0, 0.1) is 26.7 Å². The number of alkyl carbamates (subject to hydrolysis) is 1. The van der Waals surface area contributed by atoms with Gasteiger partial charge < -0.3 is 20.3 Å². The minimum absolute atomic E-state index is 0.198. The molecule has 2 rings (SSSR count). The number of para-hydroxylation sites is 1. The second kappa shape index (κ2) is 15.2. The molecule has 0 aliphatic heterocycles. The number of anilines is 1. The summed E-state index contributed by atoms with van der Waals surface area (Å²) < 4.78 is 5.51. The molecule has 8 heteroatoms. The normalized spacial score (nSPS) is 13.6. The lowest BCUT2D eigenvalue weighted by Crippen LogP contribution is -2.55. The van der Waals surface area contributed by atoms with Crippen molar-refractivity contribution in [3.05, 3.63) is 63.7 Å². The molecule has 0 fully saturated rings. The zero-order chi connectivity index (χ0) is 30.9. The van der Waals surface area contributed by atoms with E-state index in [-0.39, 0.29) is 17.7 Å². The third-order valence-electron chi connectivity index (χ3n) is 7.28. The number of hydrogen-bond acceptors (Lipinski definition) is 4. The quantitative estimate of drug-likeness (QED) is 0.248. The Kier molecular flexibility index (Phi) is 12.7. The van der Waals surface area contributed by atoms with Crippen molar-refractivity contribution < 1.29 is 19.1 Å². The van der Waals surface area contributed by atoms with Crippen molar-refractivity contribution in [3.8, 4) is 0 Å². The number of halogens is 1. The van der Waals surface area contributed by atoms with Crippen molar-refractivity contribution in [2.45, 2.75) is 106 Å². The summed E-state index contributed by atoms with van der Waals surface area (Å²) in [5.41, 5.74) is 3.17. The Bertz CT molecular complexity index is 1170. The van der Waals surface area contributed by atoms with Gasteiger partial charge in [-0.3, -0.25) is 9.59 Å². The van der Waals surface area contributed by atoms with E-state index in [4.69, 9.17) is 16.3 Å². The molecule has 0 spiro atoms. The molecular weight excluding hydrogens is 538 g/mol. The maximum atomic E-state index is 14.5. The van der Waals surface area contributed by atoms with E-state index in [0.717, 1.165) is 35.1 Å². The smallest absolute Gasteiger partial charge is 0.408 e. The molecule has 3 atom stereocenters. The van der Waals surface area contributed by atoms with Crippen LogP contribution in [0.25, 0.3) is 0 Å². The molecule has 0 saturated carbocycles. The molecule has 0 aliphatic rings. The number of benzene rings is 2. The number of aryl methyl sites for hydroxylation is 3. The van der Waals surface area contributed by atoms with Gasteiger partial charge in [0.15, 0.2) is 0 Å². The van der Waals surface area contributed by atoms with Gasteiger partial charge in [0.2, 0.25) is 5.91 Å². The number of nitrogens with zero attached hydrogens (tertiary/aromatic N) is 1. The Labute approximate surface area is 251 Å².